The number of tetrazole rings is 1. The molecule has 0 radical (unpaired) electrons. The van der Waals surface area contributed by atoms with Crippen LogP contribution >= 0.6 is 11.6 Å². The van der Waals surface area contributed by atoms with E-state index in [0.29, 0.717) is 6.04 Å². The van der Waals surface area contributed by atoms with Crippen molar-refractivity contribution in [2.24, 2.45) is 0 Å². The molecule has 1 atom stereocenters. The Morgan fingerprint density at radius 1 is 1.50 bits per heavy atom. The van der Waals surface area contributed by atoms with Crippen molar-refractivity contribution >= 4 is 11.6 Å². The van der Waals surface area contributed by atoms with Crippen LogP contribution in [0.15, 0.2) is 0 Å². The van der Waals surface area contributed by atoms with Crippen molar-refractivity contribution in [1.29, 1.82) is 0 Å². The minimum Gasteiger partial charge on any atom is -0.381 e. The standard InChI is InChI=1S/C8H13ClN4O/c1-6(9)8-10-11-12-13(8)7-2-4-14-5-3-7/h6-7H,2-5H2,1H3. The SMILES string of the molecule is CC(Cl)c1nnnn1C1CCOCC1. The highest BCUT2D eigenvalue weighted by molar-refractivity contribution is 6.20. The van der Waals surface area contributed by atoms with E-state index in [4.69, 9.17) is 16.3 Å². The van der Waals surface area contributed by atoms with Crippen LogP contribution in [0.2, 0.25) is 0 Å². The molecule has 14 heavy (non-hydrogen) atoms. The molecular weight excluding hydrogens is 204 g/mol. The van der Waals surface area contributed by atoms with Crippen molar-refractivity contribution < 1.29 is 4.74 Å². The summed E-state index contributed by atoms with van der Waals surface area (Å²) < 4.78 is 7.12. The molecule has 6 heteroatoms. The Morgan fingerprint density at radius 2 is 2.21 bits per heavy atom. The summed E-state index contributed by atoms with van der Waals surface area (Å²) in [5.41, 5.74) is 0. The molecule has 2 rings (SSSR count). The second kappa shape index (κ2) is 4.23. The van der Waals surface area contributed by atoms with Gasteiger partial charge in [0.25, 0.3) is 0 Å². The van der Waals surface area contributed by atoms with E-state index in [1.165, 1.54) is 0 Å². The molecule has 0 aromatic carbocycles. The first kappa shape index (κ1) is 9.86. The first-order valence-corrected chi connectivity index (χ1v) is 5.22. The molecular formula is C8H13ClN4O. The van der Waals surface area contributed by atoms with Crippen LogP contribution in [-0.4, -0.2) is 33.4 Å². The van der Waals surface area contributed by atoms with Gasteiger partial charge < -0.3 is 4.74 Å². The molecule has 0 bridgehead atoms. The molecule has 0 amide bonds. The first-order valence-electron chi connectivity index (χ1n) is 4.78. The van der Waals surface area contributed by atoms with Gasteiger partial charge in [0.1, 0.15) is 0 Å². The summed E-state index contributed by atoms with van der Waals surface area (Å²) in [7, 11) is 0. The van der Waals surface area contributed by atoms with E-state index in [1.54, 1.807) is 0 Å². The van der Waals surface area contributed by atoms with Crippen LogP contribution in [0.1, 0.15) is 37.0 Å². The minimum atomic E-state index is -0.146. The lowest BCUT2D eigenvalue weighted by Gasteiger charge is -2.22. The Hall–Kier alpha value is -0.680. The number of aromatic nitrogens is 4. The zero-order chi connectivity index (χ0) is 9.97. The summed E-state index contributed by atoms with van der Waals surface area (Å²) in [6.45, 7) is 3.43. The molecule has 1 unspecified atom stereocenters. The van der Waals surface area contributed by atoms with Gasteiger partial charge >= 0.3 is 0 Å². The van der Waals surface area contributed by atoms with Crippen LogP contribution in [0.25, 0.3) is 0 Å². The molecule has 1 aliphatic heterocycles. The fourth-order valence-corrected chi connectivity index (χ4v) is 1.80. The summed E-state index contributed by atoms with van der Waals surface area (Å²) >= 11 is 5.97. The number of alkyl halides is 1. The van der Waals surface area contributed by atoms with Crippen LogP contribution in [0.4, 0.5) is 0 Å². The van der Waals surface area contributed by atoms with Crippen LogP contribution in [0.5, 0.6) is 0 Å². The van der Waals surface area contributed by atoms with E-state index in [0.717, 1.165) is 31.9 Å². The first-order chi connectivity index (χ1) is 6.79. The number of hydrogen-bond acceptors (Lipinski definition) is 4. The van der Waals surface area contributed by atoms with Crippen LogP contribution in [0.3, 0.4) is 0 Å². The average molecular weight is 217 g/mol. The summed E-state index contributed by atoms with van der Waals surface area (Å²) in [6.07, 6.45) is 1.92. The Kier molecular flexibility index (Phi) is 2.98. The molecule has 78 valence electrons. The lowest BCUT2D eigenvalue weighted by atomic mass is 10.1. The second-order valence-corrected chi connectivity index (χ2v) is 4.10. The predicted molar refractivity (Wildman–Crippen MR) is 51.2 cm³/mol. The highest BCUT2D eigenvalue weighted by Gasteiger charge is 2.22. The molecule has 1 aliphatic rings. The third-order valence-electron chi connectivity index (χ3n) is 2.41. The molecule has 0 saturated carbocycles. The number of ether oxygens (including phenoxy) is 1. The van der Waals surface area contributed by atoms with Gasteiger partial charge in [0.05, 0.1) is 11.4 Å². The van der Waals surface area contributed by atoms with Gasteiger partial charge in [-0.1, -0.05) is 0 Å². The Labute approximate surface area is 87.4 Å². The quantitative estimate of drug-likeness (QED) is 0.700. The number of halogens is 1. The van der Waals surface area contributed by atoms with Gasteiger partial charge in [-0.3, -0.25) is 0 Å². The molecule has 1 fully saturated rings. The molecule has 0 N–H and O–H groups in total. The lowest BCUT2D eigenvalue weighted by molar-refractivity contribution is 0.0648. The van der Waals surface area contributed by atoms with E-state index in [-0.39, 0.29) is 5.38 Å². The smallest absolute Gasteiger partial charge is 0.169 e. The highest BCUT2D eigenvalue weighted by Crippen LogP contribution is 2.24. The van der Waals surface area contributed by atoms with Crippen molar-refractivity contribution in [3.63, 3.8) is 0 Å². The maximum atomic E-state index is 5.97. The van der Waals surface area contributed by atoms with E-state index in [2.05, 4.69) is 15.5 Å². The van der Waals surface area contributed by atoms with Crippen LogP contribution in [-0.2, 0) is 4.74 Å². The Morgan fingerprint density at radius 3 is 2.86 bits per heavy atom. The van der Waals surface area contributed by atoms with Crippen LogP contribution in [0, 0.1) is 0 Å². The van der Waals surface area contributed by atoms with Crippen molar-refractivity contribution in [3.05, 3.63) is 5.82 Å². The third kappa shape index (κ3) is 1.88. The zero-order valence-corrected chi connectivity index (χ0v) is 8.81. The lowest BCUT2D eigenvalue weighted by Crippen LogP contribution is -2.22. The number of nitrogens with zero attached hydrogens (tertiary/aromatic N) is 4. The maximum Gasteiger partial charge on any atom is 0.169 e. The average Bonchev–Trinajstić information content (AvgIpc) is 2.67. The van der Waals surface area contributed by atoms with E-state index >= 15 is 0 Å². The fourth-order valence-electron chi connectivity index (χ4n) is 1.65. The molecule has 1 saturated heterocycles. The summed E-state index contributed by atoms with van der Waals surface area (Å²) in [6, 6.07) is 0.343. The molecule has 1 aromatic heterocycles. The van der Waals surface area contributed by atoms with E-state index in [1.807, 2.05) is 11.6 Å². The summed E-state index contributed by atoms with van der Waals surface area (Å²) in [4.78, 5) is 0. The minimum absolute atomic E-state index is 0.146. The molecule has 1 aromatic rings. The van der Waals surface area contributed by atoms with Crippen molar-refractivity contribution in [1.82, 2.24) is 20.2 Å². The summed E-state index contributed by atoms with van der Waals surface area (Å²) in [5, 5.41) is 11.4. The fraction of sp³-hybridized carbons (Fsp3) is 0.875. The topological polar surface area (TPSA) is 52.8 Å². The van der Waals surface area contributed by atoms with Gasteiger partial charge in [0.2, 0.25) is 0 Å². The van der Waals surface area contributed by atoms with Crippen molar-refractivity contribution in [2.45, 2.75) is 31.2 Å². The molecule has 0 spiro atoms. The van der Waals surface area contributed by atoms with Gasteiger partial charge in [-0.05, 0) is 30.2 Å². The van der Waals surface area contributed by atoms with Crippen LogP contribution < -0.4 is 0 Å². The maximum absolute atomic E-state index is 5.97. The van der Waals surface area contributed by atoms with Crippen molar-refractivity contribution in [3.8, 4) is 0 Å². The van der Waals surface area contributed by atoms with Gasteiger partial charge in [-0.25, -0.2) is 4.68 Å². The number of hydrogen-bond donors (Lipinski definition) is 0. The monoisotopic (exact) mass is 216 g/mol. The molecule has 0 aliphatic carbocycles. The van der Waals surface area contributed by atoms with Gasteiger partial charge in [-0.2, -0.15) is 0 Å². The van der Waals surface area contributed by atoms with Gasteiger partial charge in [-0.15, -0.1) is 16.7 Å². The predicted octanol–water partition coefficient (Wildman–Crippen LogP) is 1.32. The Bertz CT molecular complexity index is 295. The number of rotatable bonds is 2. The molecule has 2 heterocycles. The largest absolute Gasteiger partial charge is 0.381 e. The third-order valence-corrected chi connectivity index (χ3v) is 2.61. The Balaban J connectivity index is 2.17. The summed E-state index contributed by atoms with van der Waals surface area (Å²) in [5.74, 6) is 0.749. The highest BCUT2D eigenvalue weighted by atomic mass is 35.5. The van der Waals surface area contributed by atoms with E-state index in [9.17, 15) is 0 Å². The van der Waals surface area contributed by atoms with Gasteiger partial charge in [0, 0.05) is 13.2 Å². The van der Waals surface area contributed by atoms with Gasteiger partial charge in [0.15, 0.2) is 5.82 Å². The normalized spacial score (nSPS) is 21.0. The zero-order valence-electron chi connectivity index (χ0n) is 8.06. The van der Waals surface area contributed by atoms with Crippen molar-refractivity contribution in [2.75, 3.05) is 13.2 Å². The van der Waals surface area contributed by atoms with E-state index < -0.39 is 0 Å². The second-order valence-electron chi connectivity index (χ2n) is 3.44. The molecule has 5 nitrogen and oxygen atoms in total.